The molecular weight excluding hydrogens is 426 g/mol. The molecule has 3 nitrogen and oxygen atoms in total. The Balaban J connectivity index is 1.19. The number of fused-ring (bicyclic) bond motifs is 1. The Bertz CT molecular complexity index is 938. The molecule has 0 amide bonds. The number of allylic oxidation sites excluding steroid dienone is 1. The van der Waals surface area contributed by atoms with Crippen LogP contribution in [-0.2, 0) is 13.0 Å². The van der Waals surface area contributed by atoms with E-state index in [9.17, 15) is 0 Å². The zero-order chi connectivity index (χ0) is 24.4. The van der Waals surface area contributed by atoms with E-state index >= 15 is 0 Å². The molecule has 1 aromatic rings. The largest absolute Gasteiger partial charge is 0.362 e. The fourth-order valence-corrected chi connectivity index (χ4v) is 7.31. The van der Waals surface area contributed by atoms with Crippen LogP contribution in [0.1, 0.15) is 94.2 Å². The van der Waals surface area contributed by atoms with Gasteiger partial charge in [-0.3, -0.25) is 0 Å². The third-order valence-electron chi connectivity index (χ3n) is 9.62. The van der Waals surface area contributed by atoms with E-state index < -0.39 is 0 Å². The molecule has 1 saturated heterocycles. The highest BCUT2D eigenvalue weighted by Gasteiger charge is 2.33. The molecule has 2 N–H and O–H groups in total. The predicted octanol–water partition coefficient (Wildman–Crippen LogP) is 7.16. The number of nitrogens with one attached hydrogen (secondary N) is 2. The summed E-state index contributed by atoms with van der Waals surface area (Å²) >= 11 is 0. The van der Waals surface area contributed by atoms with Gasteiger partial charge in [-0.25, -0.2) is 0 Å². The molecule has 1 aromatic carbocycles. The fourth-order valence-electron chi connectivity index (χ4n) is 7.31. The van der Waals surface area contributed by atoms with Gasteiger partial charge >= 0.3 is 0 Å². The van der Waals surface area contributed by atoms with Crippen LogP contribution in [0, 0.1) is 17.8 Å². The Kier molecular flexibility index (Phi) is 7.72. The van der Waals surface area contributed by atoms with Gasteiger partial charge in [0.05, 0.1) is 6.04 Å². The second kappa shape index (κ2) is 10.9. The highest BCUT2D eigenvalue weighted by molar-refractivity contribution is 5.70. The zero-order valence-electron chi connectivity index (χ0n) is 22.1. The summed E-state index contributed by atoms with van der Waals surface area (Å²) in [6.07, 6.45) is 15.9. The van der Waals surface area contributed by atoms with Crippen molar-refractivity contribution in [1.29, 1.82) is 0 Å². The minimum Gasteiger partial charge on any atom is -0.362 e. The van der Waals surface area contributed by atoms with Crippen molar-refractivity contribution < 1.29 is 0 Å². The molecule has 3 heteroatoms. The number of hydrogen-bond acceptors (Lipinski definition) is 3. The maximum atomic E-state index is 4.47. The lowest BCUT2D eigenvalue weighted by Gasteiger charge is -2.36. The van der Waals surface area contributed by atoms with Gasteiger partial charge in [-0.2, -0.15) is 0 Å². The fraction of sp³-hybridized carbons (Fsp3) is 0.625. The molecule has 5 rings (SSSR count). The summed E-state index contributed by atoms with van der Waals surface area (Å²) in [5.74, 6) is 2.66. The minimum atomic E-state index is 0.308. The van der Waals surface area contributed by atoms with Crippen LogP contribution in [0.25, 0.3) is 5.70 Å². The normalized spacial score (nSPS) is 31.4. The second-order valence-corrected chi connectivity index (χ2v) is 11.9. The first kappa shape index (κ1) is 24.7. The Morgan fingerprint density at radius 2 is 1.74 bits per heavy atom. The van der Waals surface area contributed by atoms with E-state index in [4.69, 9.17) is 0 Å². The third-order valence-corrected chi connectivity index (χ3v) is 9.62. The maximum absolute atomic E-state index is 4.47. The molecule has 4 aliphatic rings. The van der Waals surface area contributed by atoms with Crippen LogP contribution in [0.5, 0.6) is 0 Å². The van der Waals surface area contributed by atoms with Gasteiger partial charge in [0, 0.05) is 35.2 Å². The lowest BCUT2D eigenvalue weighted by Crippen LogP contribution is -2.42. The highest BCUT2D eigenvalue weighted by Crippen LogP contribution is 2.38. The van der Waals surface area contributed by atoms with Crippen molar-refractivity contribution in [1.82, 2.24) is 15.5 Å². The van der Waals surface area contributed by atoms with Gasteiger partial charge in [-0.1, -0.05) is 77.0 Å². The van der Waals surface area contributed by atoms with Crippen LogP contribution in [0.15, 0.2) is 49.3 Å². The molecule has 3 fully saturated rings. The molecule has 0 aromatic heterocycles. The van der Waals surface area contributed by atoms with Gasteiger partial charge in [0.25, 0.3) is 0 Å². The number of nitrogens with zero attached hydrogens (tertiary/aromatic N) is 1. The van der Waals surface area contributed by atoms with Gasteiger partial charge in [-0.15, -0.1) is 0 Å². The summed E-state index contributed by atoms with van der Waals surface area (Å²) in [6, 6.07) is 8.19. The number of piperidine rings is 1. The molecule has 190 valence electrons. The zero-order valence-corrected chi connectivity index (χ0v) is 22.1. The quantitative estimate of drug-likeness (QED) is 0.440. The minimum absolute atomic E-state index is 0.308. The van der Waals surface area contributed by atoms with Crippen molar-refractivity contribution in [2.24, 2.45) is 17.8 Å². The number of rotatable bonds is 7. The number of benzene rings is 1. The predicted molar refractivity (Wildman–Crippen MR) is 149 cm³/mol. The van der Waals surface area contributed by atoms with Crippen molar-refractivity contribution in [2.75, 3.05) is 6.54 Å². The molecule has 2 aliphatic heterocycles. The van der Waals surface area contributed by atoms with E-state index in [-0.39, 0.29) is 0 Å². The maximum Gasteiger partial charge on any atom is 0.0693 e. The summed E-state index contributed by atoms with van der Waals surface area (Å²) in [6.45, 7) is 17.4. The molecule has 0 radical (unpaired) electrons. The van der Waals surface area contributed by atoms with Crippen LogP contribution in [0.3, 0.4) is 0 Å². The van der Waals surface area contributed by atoms with Crippen molar-refractivity contribution in [3.8, 4) is 0 Å². The van der Waals surface area contributed by atoms with Crippen LogP contribution in [0.4, 0.5) is 0 Å². The third kappa shape index (κ3) is 5.56. The molecule has 0 spiro atoms. The monoisotopic (exact) mass is 473 g/mol. The van der Waals surface area contributed by atoms with Crippen LogP contribution in [-0.4, -0.2) is 23.5 Å². The van der Waals surface area contributed by atoms with Crippen molar-refractivity contribution >= 4 is 5.70 Å². The SMILES string of the molecule is C=C1CCC(N2Cc3cc(CC4CCCCC4NCC4CCC(CC)CC4)ccc3C2=C)C(=C)N1. The molecule has 3 unspecified atom stereocenters. The van der Waals surface area contributed by atoms with Crippen LogP contribution in [0.2, 0.25) is 0 Å². The van der Waals surface area contributed by atoms with Crippen LogP contribution < -0.4 is 10.6 Å². The summed E-state index contributed by atoms with van der Waals surface area (Å²) in [5.41, 5.74) is 7.58. The summed E-state index contributed by atoms with van der Waals surface area (Å²) in [5, 5.41) is 7.45. The van der Waals surface area contributed by atoms with Crippen LogP contribution >= 0.6 is 0 Å². The summed E-state index contributed by atoms with van der Waals surface area (Å²) in [4.78, 5) is 2.45. The molecule has 0 bridgehead atoms. The first-order valence-corrected chi connectivity index (χ1v) is 14.5. The van der Waals surface area contributed by atoms with E-state index in [2.05, 4.69) is 60.4 Å². The Morgan fingerprint density at radius 1 is 0.971 bits per heavy atom. The molecule has 2 heterocycles. The van der Waals surface area contributed by atoms with Gasteiger partial charge in [0.1, 0.15) is 0 Å². The molecule has 35 heavy (non-hydrogen) atoms. The van der Waals surface area contributed by atoms with Crippen molar-refractivity contribution in [2.45, 2.75) is 103 Å². The van der Waals surface area contributed by atoms with Gasteiger partial charge in [-0.05, 0) is 80.4 Å². The average molecular weight is 474 g/mol. The average Bonchev–Trinajstić information content (AvgIpc) is 3.19. The molecule has 2 aliphatic carbocycles. The first-order chi connectivity index (χ1) is 17.0. The van der Waals surface area contributed by atoms with E-state index in [0.717, 1.165) is 54.2 Å². The van der Waals surface area contributed by atoms with E-state index in [1.54, 1.807) is 0 Å². The Hall–Kier alpha value is -2.00. The highest BCUT2D eigenvalue weighted by atomic mass is 15.2. The van der Waals surface area contributed by atoms with Gasteiger partial charge in [0.2, 0.25) is 0 Å². The first-order valence-electron chi connectivity index (χ1n) is 14.5. The smallest absolute Gasteiger partial charge is 0.0693 e. The topological polar surface area (TPSA) is 27.3 Å². The Morgan fingerprint density at radius 3 is 2.51 bits per heavy atom. The van der Waals surface area contributed by atoms with Gasteiger partial charge in [0.15, 0.2) is 0 Å². The van der Waals surface area contributed by atoms with Crippen molar-refractivity contribution in [3.63, 3.8) is 0 Å². The molecule has 2 saturated carbocycles. The van der Waals surface area contributed by atoms with E-state index in [1.165, 1.54) is 87.4 Å². The second-order valence-electron chi connectivity index (χ2n) is 11.9. The molecular formula is C32H47N3. The lowest BCUT2D eigenvalue weighted by molar-refractivity contribution is 0.218. The van der Waals surface area contributed by atoms with E-state index in [1.807, 2.05) is 0 Å². The lowest BCUT2D eigenvalue weighted by atomic mass is 9.78. The number of hydrogen-bond donors (Lipinski definition) is 2. The van der Waals surface area contributed by atoms with Gasteiger partial charge < -0.3 is 15.5 Å². The summed E-state index contributed by atoms with van der Waals surface area (Å²) < 4.78 is 0. The summed E-state index contributed by atoms with van der Waals surface area (Å²) in [7, 11) is 0. The van der Waals surface area contributed by atoms with E-state index in [0.29, 0.717) is 12.1 Å². The molecule has 3 atom stereocenters. The Labute approximate surface area is 214 Å². The van der Waals surface area contributed by atoms with Crippen molar-refractivity contribution in [3.05, 3.63) is 66.0 Å². The standard InChI is InChI=1S/C32H47N3/c1-5-25-11-13-26(14-12-25)20-33-31-9-7-6-8-28(31)18-27-15-16-30-24(4)35(21-29(30)19-27)32-17-10-22(2)34-23(32)3/h15-16,19,25-26,28,31-34H,2-14,17-18,20-21H2,1H3.